The van der Waals surface area contributed by atoms with E-state index in [1.165, 1.54) is 0 Å². The Labute approximate surface area is 197 Å². The number of amides is 1. The quantitative estimate of drug-likeness (QED) is 0.365. The van der Waals surface area contributed by atoms with E-state index < -0.39 is 17.1 Å². The summed E-state index contributed by atoms with van der Waals surface area (Å²) in [5.74, 6) is -1.30. The number of rotatable bonds is 8. The predicted octanol–water partition coefficient (Wildman–Crippen LogP) is 2.33. The van der Waals surface area contributed by atoms with Gasteiger partial charge in [0.2, 0.25) is 5.12 Å². The number of carbonyl (C=O) groups is 3. The van der Waals surface area contributed by atoms with Crippen molar-refractivity contribution in [2.24, 2.45) is 0 Å². The molecular weight excluding hydrogens is 470 g/mol. The van der Waals surface area contributed by atoms with Gasteiger partial charge >= 0.3 is 5.97 Å². The summed E-state index contributed by atoms with van der Waals surface area (Å²) in [6, 6.07) is 4.96. The normalized spacial score (nSPS) is 12.0. The maximum atomic E-state index is 12.6. The second kappa shape index (κ2) is 10.0. The van der Waals surface area contributed by atoms with Gasteiger partial charge in [0.15, 0.2) is 22.5 Å². The van der Waals surface area contributed by atoms with Gasteiger partial charge in [-0.25, -0.2) is 15.0 Å². The molecule has 1 atom stereocenters. The predicted molar refractivity (Wildman–Crippen MR) is 126 cm³/mol. The van der Waals surface area contributed by atoms with Crippen molar-refractivity contribution in [2.45, 2.75) is 38.6 Å². The summed E-state index contributed by atoms with van der Waals surface area (Å²) in [6.07, 6.45) is 0.332. The fraction of sp³-hybridized carbons (Fsp3) is 0.300. The zero-order valence-corrected chi connectivity index (χ0v) is 19.4. The molecular formula is C20H22ClN7O4S. The smallest absolute Gasteiger partial charge is 0.317 e. The van der Waals surface area contributed by atoms with Crippen LogP contribution in [-0.2, 0) is 17.9 Å². The molecule has 1 unspecified atom stereocenters. The number of carboxylic acids is 1. The molecule has 3 aromatic rings. The number of nitrogens with one attached hydrogen (secondary N) is 1. The van der Waals surface area contributed by atoms with E-state index in [9.17, 15) is 19.5 Å². The fourth-order valence-electron chi connectivity index (χ4n) is 3.14. The van der Waals surface area contributed by atoms with Crippen molar-refractivity contribution in [2.75, 3.05) is 11.5 Å². The Hall–Kier alpha value is -3.38. The molecule has 2 heterocycles. The highest BCUT2D eigenvalue weighted by Gasteiger charge is 2.22. The Balaban J connectivity index is 1.83. The number of nitrogen functional groups attached to an aromatic ring is 2. The Morgan fingerprint density at radius 1 is 1.18 bits per heavy atom. The molecule has 0 fully saturated rings. The third-order valence-corrected chi connectivity index (χ3v) is 6.35. The third-order valence-electron chi connectivity index (χ3n) is 4.80. The van der Waals surface area contributed by atoms with Gasteiger partial charge in [0, 0.05) is 12.1 Å². The molecule has 6 N–H and O–H groups in total. The van der Waals surface area contributed by atoms with Gasteiger partial charge in [-0.1, -0.05) is 30.3 Å². The third kappa shape index (κ3) is 5.17. The van der Waals surface area contributed by atoms with E-state index in [1.807, 2.05) is 11.5 Å². The monoisotopic (exact) mass is 491 g/mol. The maximum Gasteiger partial charge on any atom is 0.317 e. The first-order valence-electron chi connectivity index (χ1n) is 9.95. The lowest BCUT2D eigenvalue weighted by atomic mass is 10.2. The molecule has 0 aliphatic carbocycles. The summed E-state index contributed by atoms with van der Waals surface area (Å²) < 4.78 is 1.84. The van der Waals surface area contributed by atoms with E-state index in [4.69, 9.17) is 23.1 Å². The topological polar surface area (TPSA) is 179 Å². The second-order valence-electron chi connectivity index (χ2n) is 6.93. The number of carboxylic acid groups (broad SMARTS) is 1. The highest BCUT2D eigenvalue weighted by atomic mass is 35.5. The molecule has 0 aliphatic rings. The Kier molecular flexibility index (Phi) is 7.39. The van der Waals surface area contributed by atoms with Crippen molar-refractivity contribution >= 4 is 63.0 Å². The number of imidazole rings is 1. The molecule has 1 aromatic carbocycles. The summed E-state index contributed by atoms with van der Waals surface area (Å²) in [5, 5.41) is 10.6. The summed E-state index contributed by atoms with van der Waals surface area (Å²) in [7, 11) is 0. The molecule has 13 heteroatoms. The number of aromatic nitrogens is 4. The molecule has 3 rings (SSSR count). The highest BCUT2D eigenvalue weighted by molar-refractivity contribution is 8.15. The van der Waals surface area contributed by atoms with Gasteiger partial charge < -0.3 is 26.5 Å². The van der Waals surface area contributed by atoms with Crippen LogP contribution in [-0.4, -0.2) is 46.9 Å². The molecule has 0 aliphatic heterocycles. The van der Waals surface area contributed by atoms with Crippen LogP contribution in [0.25, 0.3) is 11.0 Å². The number of halogens is 1. The van der Waals surface area contributed by atoms with E-state index in [1.54, 1.807) is 25.1 Å². The number of hydrogen-bond acceptors (Lipinski definition) is 9. The van der Waals surface area contributed by atoms with Crippen LogP contribution in [0, 0.1) is 0 Å². The molecule has 0 saturated heterocycles. The van der Waals surface area contributed by atoms with Crippen LogP contribution in [0.4, 0.5) is 11.6 Å². The summed E-state index contributed by atoms with van der Waals surface area (Å²) in [5.41, 5.74) is 12.8. The first-order chi connectivity index (χ1) is 15.7. The average molecular weight is 492 g/mol. The van der Waals surface area contributed by atoms with Crippen molar-refractivity contribution in [1.82, 2.24) is 24.8 Å². The first kappa shape index (κ1) is 24.3. The zero-order chi connectivity index (χ0) is 24.3. The molecule has 174 valence electrons. The zero-order valence-electron chi connectivity index (χ0n) is 17.8. The lowest BCUT2D eigenvalue weighted by molar-refractivity contribution is -0.136. The van der Waals surface area contributed by atoms with Gasteiger partial charge in [-0.05, 0) is 31.5 Å². The summed E-state index contributed by atoms with van der Waals surface area (Å²) in [6.45, 7) is 4.19. The maximum absolute atomic E-state index is 12.6. The lowest BCUT2D eigenvalue weighted by Gasteiger charge is -2.10. The molecule has 0 spiro atoms. The van der Waals surface area contributed by atoms with Crippen molar-refractivity contribution in [3.8, 4) is 0 Å². The fourth-order valence-corrected chi connectivity index (χ4v) is 4.06. The number of benzene rings is 1. The Bertz CT molecular complexity index is 1250. The van der Waals surface area contributed by atoms with Crippen LogP contribution in [0.1, 0.15) is 46.9 Å². The molecule has 33 heavy (non-hydrogen) atoms. The van der Waals surface area contributed by atoms with E-state index in [0.717, 1.165) is 11.8 Å². The van der Waals surface area contributed by atoms with Crippen molar-refractivity contribution in [3.63, 3.8) is 0 Å². The first-order valence-corrected chi connectivity index (χ1v) is 11.2. The standard InChI is InChI=1S/C20H22ClN7O4S/c1-3-12(19(30)31)33-20(32)9-5-6-10-11(7-9)28(4-2)13(25-10)8-24-18(29)14-16(22)27-17(23)15(21)26-14/h5-7,12H,3-4,8H2,1-2H3,(H,24,29)(H,30,31)(H4,22,23,27). The number of aliphatic carboxylic acids is 1. The van der Waals surface area contributed by atoms with Crippen LogP contribution >= 0.6 is 23.4 Å². The number of carbonyl (C=O) groups excluding carboxylic acids is 2. The van der Waals surface area contributed by atoms with Gasteiger partial charge in [0.05, 0.1) is 17.6 Å². The van der Waals surface area contributed by atoms with Gasteiger partial charge in [-0.3, -0.25) is 14.4 Å². The van der Waals surface area contributed by atoms with Crippen molar-refractivity contribution in [3.05, 3.63) is 40.4 Å². The van der Waals surface area contributed by atoms with Crippen molar-refractivity contribution < 1.29 is 19.5 Å². The van der Waals surface area contributed by atoms with Crippen molar-refractivity contribution in [1.29, 1.82) is 0 Å². The van der Waals surface area contributed by atoms with E-state index in [2.05, 4.69) is 20.3 Å². The van der Waals surface area contributed by atoms with E-state index in [0.29, 0.717) is 35.4 Å². The van der Waals surface area contributed by atoms with Crippen LogP contribution < -0.4 is 16.8 Å². The molecule has 11 nitrogen and oxygen atoms in total. The number of anilines is 2. The minimum absolute atomic E-state index is 0.0550. The average Bonchev–Trinajstić information content (AvgIpc) is 3.14. The van der Waals surface area contributed by atoms with Gasteiger partial charge in [-0.15, -0.1) is 0 Å². The molecule has 0 saturated carbocycles. The number of hydrogen-bond donors (Lipinski definition) is 4. The molecule has 1 amide bonds. The molecule has 0 bridgehead atoms. The Morgan fingerprint density at radius 3 is 2.55 bits per heavy atom. The number of nitrogens with two attached hydrogens (primary N) is 2. The number of fused-ring (bicyclic) bond motifs is 1. The minimum Gasteiger partial charge on any atom is -0.480 e. The van der Waals surface area contributed by atoms with Gasteiger partial charge in [0.1, 0.15) is 11.1 Å². The number of thioether (sulfide) groups is 1. The van der Waals surface area contributed by atoms with Crippen LogP contribution in [0.15, 0.2) is 18.2 Å². The van der Waals surface area contributed by atoms with Crippen LogP contribution in [0.5, 0.6) is 0 Å². The summed E-state index contributed by atoms with van der Waals surface area (Å²) in [4.78, 5) is 48.6. The van der Waals surface area contributed by atoms with Crippen LogP contribution in [0.2, 0.25) is 5.15 Å². The minimum atomic E-state index is -1.03. The molecule has 2 aromatic heterocycles. The van der Waals surface area contributed by atoms with E-state index >= 15 is 0 Å². The lowest BCUT2D eigenvalue weighted by Crippen LogP contribution is -2.27. The summed E-state index contributed by atoms with van der Waals surface area (Å²) >= 11 is 6.61. The second-order valence-corrected chi connectivity index (χ2v) is 8.47. The largest absolute Gasteiger partial charge is 0.480 e. The highest BCUT2D eigenvalue weighted by Crippen LogP contribution is 2.25. The molecule has 0 radical (unpaired) electrons. The number of aryl methyl sites for hydroxylation is 1. The van der Waals surface area contributed by atoms with E-state index in [-0.39, 0.29) is 34.1 Å². The SMILES string of the molecule is CCC(SC(=O)c1ccc2nc(CNC(=O)c3nc(Cl)c(N)nc3N)n(CC)c2c1)C(=O)O. The van der Waals surface area contributed by atoms with Gasteiger partial charge in [-0.2, -0.15) is 0 Å². The van der Waals surface area contributed by atoms with Crippen LogP contribution in [0.3, 0.4) is 0 Å². The Morgan fingerprint density at radius 2 is 1.91 bits per heavy atom. The number of nitrogens with zero attached hydrogens (tertiary/aromatic N) is 4. The van der Waals surface area contributed by atoms with Gasteiger partial charge in [0.25, 0.3) is 5.91 Å².